The van der Waals surface area contributed by atoms with Crippen molar-refractivity contribution in [3.05, 3.63) is 24.3 Å². The van der Waals surface area contributed by atoms with Gasteiger partial charge in [0, 0.05) is 0 Å². The number of nitrogens with two attached hydrogens (primary N) is 1. The summed E-state index contributed by atoms with van der Waals surface area (Å²) in [5, 5.41) is 0. The predicted molar refractivity (Wildman–Crippen MR) is 71.1 cm³/mol. The molecule has 1 saturated carbocycles. The van der Waals surface area contributed by atoms with Crippen molar-refractivity contribution in [3.63, 3.8) is 0 Å². The Morgan fingerprint density at radius 3 is 2.18 bits per heavy atom. The summed E-state index contributed by atoms with van der Waals surface area (Å²) in [7, 11) is 0. The van der Waals surface area contributed by atoms with Gasteiger partial charge in [-0.25, -0.2) is 0 Å². The van der Waals surface area contributed by atoms with Gasteiger partial charge in [-0.15, -0.1) is 12.4 Å². The molecule has 2 rings (SSSR count). The van der Waals surface area contributed by atoms with Crippen molar-refractivity contribution in [2.45, 2.75) is 38.3 Å². The standard InChI is InChI=1S/C13H19NO2.ClH/c1-10(2)16-12-5-3-11(4-6-12)15-9-13(14)7-8-13;/h3-6,10H,7-9,14H2,1-2H3;1H. The second kappa shape index (κ2) is 5.61. The maximum Gasteiger partial charge on any atom is 0.119 e. The van der Waals surface area contributed by atoms with Crippen LogP contribution >= 0.6 is 12.4 Å². The molecule has 0 bridgehead atoms. The van der Waals surface area contributed by atoms with Crippen LogP contribution in [0.2, 0.25) is 0 Å². The quantitative estimate of drug-likeness (QED) is 0.882. The second-order valence-electron chi connectivity index (χ2n) is 4.79. The molecule has 0 saturated heterocycles. The first kappa shape index (κ1) is 14.1. The Labute approximate surface area is 109 Å². The van der Waals surface area contributed by atoms with Crippen LogP contribution in [0.15, 0.2) is 24.3 Å². The van der Waals surface area contributed by atoms with Crippen LogP contribution < -0.4 is 15.2 Å². The Bertz CT molecular complexity index is 347. The van der Waals surface area contributed by atoms with Crippen LogP contribution in [0.5, 0.6) is 11.5 Å². The van der Waals surface area contributed by atoms with E-state index in [1.165, 1.54) is 0 Å². The Morgan fingerprint density at radius 2 is 1.71 bits per heavy atom. The molecule has 0 spiro atoms. The lowest BCUT2D eigenvalue weighted by atomic mass is 10.3. The van der Waals surface area contributed by atoms with E-state index in [9.17, 15) is 0 Å². The van der Waals surface area contributed by atoms with E-state index >= 15 is 0 Å². The minimum atomic E-state index is -0.0624. The summed E-state index contributed by atoms with van der Waals surface area (Å²) >= 11 is 0. The maximum atomic E-state index is 5.94. The van der Waals surface area contributed by atoms with Gasteiger partial charge in [0.1, 0.15) is 18.1 Å². The molecule has 2 N–H and O–H groups in total. The predicted octanol–water partition coefficient (Wildman–Crippen LogP) is 2.77. The van der Waals surface area contributed by atoms with Crippen LogP contribution in [0.1, 0.15) is 26.7 Å². The summed E-state index contributed by atoms with van der Waals surface area (Å²) in [6.45, 7) is 4.63. The molecule has 0 aromatic heterocycles. The zero-order valence-corrected chi connectivity index (χ0v) is 11.1. The molecule has 0 radical (unpaired) electrons. The SMILES string of the molecule is CC(C)Oc1ccc(OCC2(N)CC2)cc1.Cl. The van der Waals surface area contributed by atoms with Crippen LogP contribution in [0, 0.1) is 0 Å². The zero-order valence-electron chi connectivity index (χ0n) is 10.3. The minimum absolute atomic E-state index is 0. The van der Waals surface area contributed by atoms with Gasteiger partial charge in [-0.3, -0.25) is 0 Å². The largest absolute Gasteiger partial charge is 0.492 e. The number of ether oxygens (including phenoxy) is 2. The second-order valence-corrected chi connectivity index (χ2v) is 4.79. The van der Waals surface area contributed by atoms with Gasteiger partial charge in [-0.1, -0.05) is 0 Å². The lowest BCUT2D eigenvalue weighted by Crippen LogP contribution is -2.29. The lowest BCUT2D eigenvalue weighted by Gasteiger charge is -2.12. The van der Waals surface area contributed by atoms with Crippen molar-refractivity contribution in [2.24, 2.45) is 5.73 Å². The molecular weight excluding hydrogens is 238 g/mol. The van der Waals surface area contributed by atoms with E-state index < -0.39 is 0 Å². The summed E-state index contributed by atoms with van der Waals surface area (Å²) in [5.41, 5.74) is 5.88. The summed E-state index contributed by atoms with van der Waals surface area (Å²) in [6.07, 6.45) is 2.34. The molecule has 0 atom stereocenters. The van der Waals surface area contributed by atoms with E-state index in [2.05, 4.69) is 0 Å². The number of rotatable bonds is 5. The van der Waals surface area contributed by atoms with E-state index in [1.807, 2.05) is 38.1 Å². The normalized spacial score (nSPS) is 16.2. The third-order valence-corrected chi connectivity index (χ3v) is 2.61. The summed E-state index contributed by atoms with van der Waals surface area (Å²) in [5.74, 6) is 1.73. The third kappa shape index (κ3) is 4.44. The Balaban J connectivity index is 0.00000144. The molecule has 1 aromatic rings. The zero-order chi connectivity index (χ0) is 11.6. The molecule has 4 heteroatoms. The fraction of sp³-hybridized carbons (Fsp3) is 0.538. The van der Waals surface area contributed by atoms with Crippen LogP contribution in [0.4, 0.5) is 0 Å². The van der Waals surface area contributed by atoms with Crippen molar-refractivity contribution in [2.75, 3.05) is 6.61 Å². The molecule has 0 heterocycles. The van der Waals surface area contributed by atoms with Gasteiger partial charge >= 0.3 is 0 Å². The molecule has 1 aromatic carbocycles. The summed E-state index contributed by atoms with van der Waals surface area (Å²) < 4.78 is 11.2. The highest BCUT2D eigenvalue weighted by Crippen LogP contribution is 2.32. The number of hydrogen-bond donors (Lipinski definition) is 1. The van der Waals surface area contributed by atoms with Crippen LogP contribution in [-0.2, 0) is 0 Å². The highest BCUT2D eigenvalue weighted by molar-refractivity contribution is 5.85. The van der Waals surface area contributed by atoms with E-state index in [1.54, 1.807) is 0 Å². The highest BCUT2D eigenvalue weighted by atomic mass is 35.5. The van der Waals surface area contributed by atoms with E-state index in [-0.39, 0.29) is 24.0 Å². The molecule has 0 aliphatic heterocycles. The summed E-state index contributed by atoms with van der Waals surface area (Å²) in [6, 6.07) is 7.68. The first-order valence-electron chi connectivity index (χ1n) is 5.76. The highest BCUT2D eigenvalue weighted by Gasteiger charge is 2.39. The minimum Gasteiger partial charge on any atom is -0.492 e. The maximum absolute atomic E-state index is 5.94. The van der Waals surface area contributed by atoms with Gasteiger partial charge in [0.05, 0.1) is 11.6 Å². The van der Waals surface area contributed by atoms with Crippen LogP contribution in [-0.4, -0.2) is 18.2 Å². The van der Waals surface area contributed by atoms with Crippen molar-refractivity contribution in [3.8, 4) is 11.5 Å². The molecule has 0 amide bonds. The van der Waals surface area contributed by atoms with Crippen molar-refractivity contribution < 1.29 is 9.47 Å². The number of benzene rings is 1. The van der Waals surface area contributed by atoms with Gasteiger partial charge in [-0.05, 0) is 51.0 Å². The molecule has 1 aliphatic carbocycles. The molecule has 3 nitrogen and oxygen atoms in total. The fourth-order valence-electron chi connectivity index (χ4n) is 1.42. The monoisotopic (exact) mass is 257 g/mol. The lowest BCUT2D eigenvalue weighted by molar-refractivity contribution is 0.241. The summed E-state index contributed by atoms with van der Waals surface area (Å²) in [4.78, 5) is 0. The molecule has 96 valence electrons. The molecule has 0 unspecified atom stereocenters. The van der Waals surface area contributed by atoms with Gasteiger partial charge in [-0.2, -0.15) is 0 Å². The van der Waals surface area contributed by atoms with Crippen molar-refractivity contribution in [1.82, 2.24) is 0 Å². The van der Waals surface area contributed by atoms with Gasteiger partial charge in [0.25, 0.3) is 0 Å². The van der Waals surface area contributed by atoms with E-state index in [0.29, 0.717) is 6.61 Å². The van der Waals surface area contributed by atoms with Crippen LogP contribution in [0.25, 0.3) is 0 Å². The molecular formula is C13H20ClNO2. The first-order chi connectivity index (χ1) is 7.57. The Hall–Kier alpha value is -0.930. The van der Waals surface area contributed by atoms with Crippen LogP contribution in [0.3, 0.4) is 0 Å². The third-order valence-electron chi connectivity index (χ3n) is 2.61. The first-order valence-corrected chi connectivity index (χ1v) is 5.76. The average Bonchev–Trinajstić information content (AvgIpc) is 2.96. The molecule has 17 heavy (non-hydrogen) atoms. The topological polar surface area (TPSA) is 44.5 Å². The van der Waals surface area contributed by atoms with Gasteiger partial charge in [0.2, 0.25) is 0 Å². The molecule has 1 fully saturated rings. The molecule has 1 aliphatic rings. The van der Waals surface area contributed by atoms with E-state index in [0.717, 1.165) is 24.3 Å². The Morgan fingerprint density at radius 1 is 1.18 bits per heavy atom. The number of halogens is 1. The Kier molecular flexibility index (Phi) is 4.66. The smallest absolute Gasteiger partial charge is 0.119 e. The van der Waals surface area contributed by atoms with Crippen molar-refractivity contribution >= 4 is 12.4 Å². The van der Waals surface area contributed by atoms with Crippen molar-refractivity contribution in [1.29, 1.82) is 0 Å². The average molecular weight is 258 g/mol. The number of hydrogen-bond acceptors (Lipinski definition) is 3. The van der Waals surface area contributed by atoms with Gasteiger partial charge in [0.15, 0.2) is 0 Å². The van der Waals surface area contributed by atoms with E-state index in [4.69, 9.17) is 15.2 Å². The fourth-order valence-corrected chi connectivity index (χ4v) is 1.42. The van der Waals surface area contributed by atoms with Gasteiger partial charge < -0.3 is 15.2 Å².